The molecule has 0 heterocycles. The molecular formula is C8H11NS2. The molecule has 0 aromatic heterocycles. The van der Waals surface area contributed by atoms with Gasteiger partial charge in [-0.05, 0) is 24.6 Å². The van der Waals surface area contributed by atoms with E-state index in [1.165, 1.54) is 5.56 Å². The van der Waals surface area contributed by atoms with E-state index < -0.39 is 0 Å². The topological polar surface area (TPSA) is 26.0 Å². The van der Waals surface area contributed by atoms with Crippen molar-refractivity contribution in [1.29, 1.82) is 0 Å². The first-order chi connectivity index (χ1) is 5.25. The van der Waals surface area contributed by atoms with Gasteiger partial charge in [0.05, 0.1) is 0 Å². The van der Waals surface area contributed by atoms with E-state index >= 15 is 0 Å². The Morgan fingerprint density at radius 2 is 2.00 bits per heavy atom. The van der Waals surface area contributed by atoms with E-state index in [1.54, 1.807) is 0 Å². The second-order valence-electron chi connectivity index (χ2n) is 2.32. The summed E-state index contributed by atoms with van der Waals surface area (Å²) in [5.41, 5.74) is 6.59. The third-order valence-electron chi connectivity index (χ3n) is 1.51. The maximum Gasteiger partial charge on any atom is 0.0206 e. The Morgan fingerprint density at radius 3 is 2.64 bits per heavy atom. The van der Waals surface area contributed by atoms with Crippen LogP contribution in [0.4, 0.5) is 0 Å². The quantitative estimate of drug-likeness (QED) is 0.602. The van der Waals surface area contributed by atoms with Crippen LogP contribution in [0.15, 0.2) is 28.0 Å². The molecule has 60 valence electrons. The summed E-state index contributed by atoms with van der Waals surface area (Å²) in [6.45, 7) is 0.658. The minimum Gasteiger partial charge on any atom is -0.330 e. The Balaban J connectivity index is 2.96. The van der Waals surface area contributed by atoms with Crippen LogP contribution in [0.3, 0.4) is 0 Å². The van der Waals surface area contributed by atoms with Gasteiger partial charge < -0.3 is 5.73 Å². The van der Waals surface area contributed by atoms with Crippen molar-refractivity contribution in [3.8, 4) is 0 Å². The van der Waals surface area contributed by atoms with Gasteiger partial charge in [0.15, 0.2) is 0 Å². The lowest BCUT2D eigenvalue weighted by Gasteiger charge is -2.04. The van der Waals surface area contributed by atoms with Gasteiger partial charge in [0.2, 0.25) is 0 Å². The van der Waals surface area contributed by atoms with Crippen molar-refractivity contribution in [2.75, 3.05) is 6.54 Å². The van der Waals surface area contributed by atoms with Crippen molar-refractivity contribution >= 4 is 25.3 Å². The highest BCUT2D eigenvalue weighted by molar-refractivity contribution is 7.83. The van der Waals surface area contributed by atoms with E-state index in [9.17, 15) is 0 Å². The lowest BCUT2D eigenvalue weighted by Crippen LogP contribution is -2.03. The highest BCUT2D eigenvalue weighted by atomic mass is 32.1. The number of benzene rings is 1. The van der Waals surface area contributed by atoms with Crippen LogP contribution in [-0.2, 0) is 6.42 Å². The summed E-state index contributed by atoms with van der Waals surface area (Å²) in [6.07, 6.45) is 0.868. The summed E-state index contributed by atoms with van der Waals surface area (Å²) in [5, 5.41) is 0. The van der Waals surface area contributed by atoms with Gasteiger partial charge in [-0.25, -0.2) is 0 Å². The lowest BCUT2D eigenvalue weighted by molar-refractivity contribution is 0.931. The van der Waals surface area contributed by atoms with Crippen LogP contribution < -0.4 is 5.73 Å². The third-order valence-corrected chi connectivity index (χ3v) is 2.59. The number of thiol groups is 2. The molecule has 0 aliphatic rings. The van der Waals surface area contributed by atoms with Crippen LogP contribution in [0.2, 0.25) is 0 Å². The Hall–Kier alpha value is -0.120. The Kier molecular flexibility index (Phi) is 3.30. The van der Waals surface area contributed by atoms with Crippen molar-refractivity contribution in [1.82, 2.24) is 0 Å². The summed E-state index contributed by atoms with van der Waals surface area (Å²) in [6, 6.07) is 5.91. The normalized spacial score (nSPS) is 10.1. The van der Waals surface area contributed by atoms with Gasteiger partial charge in [0.1, 0.15) is 0 Å². The Labute approximate surface area is 77.8 Å². The van der Waals surface area contributed by atoms with Crippen LogP contribution in [0, 0.1) is 0 Å². The second-order valence-corrected chi connectivity index (χ2v) is 3.25. The van der Waals surface area contributed by atoms with Crippen LogP contribution in [0.5, 0.6) is 0 Å². The molecule has 1 aromatic rings. The van der Waals surface area contributed by atoms with Gasteiger partial charge in [-0.15, -0.1) is 25.3 Å². The minimum atomic E-state index is 0.658. The zero-order valence-corrected chi connectivity index (χ0v) is 7.91. The van der Waals surface area contributed by atoms with Crippen LogP contribution >= 0.6 is 25.3 Å². The van der Waals surface area contributed by atoms with Gasteiger partial charge in [0.25, 0.3) is 0 Å². The highest BCUT2D eigenvalue weighted by Crippen LogP contribution is 2.21. The Morgan fingerprint density at radius 1 is 1.27 bits per heavy atom. The fraction of sp³-hybridized carbons (Fsp3) is 0.250. The van der Waals surface area contributed by atoms with Gasteiger partial charge in [0, 0.05) is 9.79 Å². The molecule has 3 heteroatoms. The van der Waals surface area contributed by atoms with E-state index in [2.05, 4.69) is 25.3 Å². The number of nitrogens with two attached hydrogens (primary N) is 1. The zero-order valence-electron chi connectivity index (χ0n) is 6.12. The van der Waals surface area contributed by atoms with Crippen molar-refractivity contribution in [3.05, 3.63) is 23.8 Å². The predicted octanol–water partition coefficient (Wildman–Crippen LogP) is 1.77. The first-order valence-electron chi connectivity index (χ1n) is 3.45. The van der Waals surface area contributed by atoms with Gasteiger partial charge >= 0.3 is 0 Å². The van der Waals surface area contributed by atoms with E-state index in [4.69, 9.17) is 5.73 Å². The molecule has 1 aromatic carbocycles. The minimum absolute atomic E-state index is 0.658. The summed E-state index contributed by atoms with van der Waals surface area (Å²) in [5.74, 6) is 0. The number of rotatable bonds is 2. The van der Waals surface area contributed by atoms with Crippen molar-refractivity contribution in [2.24, 2.45) is 5.73 Å². The molecule has 0 unspecified atom stereocenters. The summed E-state index contributed by atoms with van der Waals surface area (Å²) in [4.78, 5) is 1.86. The van der Waals surface area contributed by atoms with Gasteiger partial charge in [-0.2, -0.15) is 0 Å². The first kappa shape index (κ1) is 8.97. The maximum absolute atomic E-state index is 5.42. The Bertz CT molecular complexity index is 248. The molecule has 0 aliphatic heterocycles. The zero-order chi connectivity index (χ0) is 8.27. The summed E-state index contributed by atoms with van der Waals surface area (Å²) in [7, 11) is 0. The van der Waals surface area contributed by atoms with Gasteiger partial charge in [-0.3, -0.25) is 0 Å². The molecule has 0 saturated heterocycles. The molecule has 0 fully saturated rings. The number of hydrogen-bond donors (Lipinski definition) is 3. The fourth-order valence-electron chi connectivity index (χ4n) is 0.935. The van der Waals surface area contributed by atoms with Crippen molar-refractivity contribution in [3.63, 3.8) is 0 Å². The maximum atomic E-state index is 5.42. The third kappa shape index (κ3) is 2.15. The molecule has 0 bridgehead atoms. The standard InChI is InChI=1S/C8H11NS2/c9-5-4-6-2-1-3-7(10)8(6)11/h1-3,10-11H,4-5,9H2. The molecule has 11 heavy (non-hydrogen) atoms. The molecule has 1 nitrogen and oxygen atoms in total. The van der Waals surface area contributed by atoms with E-state index in [0.29, 0.717) is 6.54 Å². The number of hydrogen-bond acceptors (Lipinski definition) is 3. The SMILES string of the molecule is NCCc1cccc(S)c1S. The summed E-state index contributed by atoms with van der Waals surface area (Å²) < 4.78 is 0. The van der Waals surface area contributed by atoms with Crippen molar-refractivity contribution < 1.29 is 0 Å². The summed E-state index contributed by atoms with van der Waals surface area (Å²) >= 11 is 8.56. The molecule has 0 radical (unpaired) electrons. The van der Waals surface area contributed by atoms with E-state index in [0.717, 1.165) is 16.2 Å². The molecule has 0 saturated carbocycles. The van der Waals surface area contributed by atoms with Crippen LogP contribution in [0.1, 0.15) is 5.56 Å². The van der Waals surface area contributed by atoms with E-state index in [-0.39, 0.29) is 0 Å². The predicted molar refractivity (Wildman–Crippen MR) is 53.7 cm³/mol. The van der Waals surface area contributed by atoms with Gasteiger partial charge in [-0.1, -0.05) is 12.1 Å². The average Bonchev–Trinajstić information content (AvgIpc) is 1.99. The molecule has 0 amide bonds. The fourth-order valence-corrected chi connectivity index (χ4v) is 1.43. The molecule has 0 aliphatic carbocycles. The first-order valence-corrected chi connectivity index (χ1v) is 4.35. The largest absolute Gasteiger partial charge is 0.330 e. The highest BCUT2D eigenvalue weighted by Gasteiger charge is 1.99. The van der Waals surface area contributed by atoms with Crippen LogP contribution in [0.25, 0.3) is 0 Å². The molecule has 0 atom stereocenters. The van der Waals surface area contributed by atoms with E-state index in [1.807, 2.05) is 18.2 Å². The van der Waals surface area contributed by atoms with Crippen molar-refractivity contribution in [2.45, 2.75) is 16.2 Å². The monoisotopic (exact) mass is 185 g/mol. The molecule has 2 N–H and O–H groups in total. The molecule has 0 spiro atoms. The smallest absolute Gasteiger partial charge is 0.0206 e. The average molecular weight is 185 g/mol. The lowest BCUT2D eigenvalue weighted by atomic mass is 10.1. The second kappa shape index (κ2) is 4.04. The molecule has 1 rings (SSSR count). The molecular weight excluding hydrogens is 174 g/mol. The van der Waals surface area contributed by atoms with Crippen LogP contribution in [-0.4, -0.2) is 6.54 Å².